The number of hydrogen-bond acceptors (Lipinski definition) is 5. The predicted molar refractivity (Wildman–Crippen MR) is 135 cm³/mol. The number of aryl methyl sites for hydroxylation is 1. The molecule has 176 valence electrons. The Morgan fingerprint density at radius 1 is 1.09 bits per heavy atom. The number of fused-ring (bicyclic) bond motifs is 1. The molecule has 9 heteroatoms. The van der Waals surface area contributed by atoms with Crippen molar-refractivity contribution in [2.45, 2.75) is 17.7 Å². The van der Waals surface area contributed by atoms with Gasteiger partial charge in [0, 0.05) is 36.2 Å². The first-order valence-electron chi connectivity index (χ1n) is 10.9. The number of benzene rings is 3. The van der Waals surface area contributed by atoms with Gasteiger partial charge in [-0.25, -0.2) is 8.42 Å². The average molecular weight is 478 g/mol. The molecule has 3 aromatic rings. The number of nitrogens with one attached hydrogen (secondary N) is 2. The largest absolute Gasteiger partial charge is 0.384 e. The SMILES string of the molecule is CN(CC(=O)N1CCCc2cc(NS(=O)(=O)c3ccccc3)ccc21)c1ccc(C(=N)N)cc1. The Hall–Kier alpha value is -3.85. The number of anilines is 3. The molecule has 1 heterocycles. The zero-order chi connectivity index (χ0) is 24.3. The van der Waals surface area contributed by atoms with E-state index in [0.717, 1.165) is 29.8 Å². The number of hydrogen-bond donors (Lipinski definition) is 3. The molecule has 0 bridgehead atoms. The van der Waals surface area contributed by atoms with Gasteiger partial charge in [-0.05, 0) is 73.0 Å². The van der Waals surface area contributed by atoms with Gasteiger partial charge in [-0.15, -0.1) is 0 Å². The van der Waals surface area contributed by atoms with Crippen molar-refractivity contribution in [2.75, 3.05) is 34.7 Å². The third-order valence-electron chi connectivity index (χ3n) is 5.80. The Kier molecular flexibility index (Phi) is 6.56. The molecule has 1 aliphatic heterocycles. The lowest BCUT2D eigenvalue weighted by atomic mass is 10.0. The van der Waals surface area contributed by atoms with E-state index in [1.54, 1.807) is 65.6 Å². The van der Waals surface area contributed by atoms with Crippen LogP contribution in [-0.4, -0.2) is 40.3 Å². The number of nitrogens with zero attached hydrogens (tertiary/aromatic N) is 2. The highest BCUT2D eigenvalue weighted by molar-refractivity contribution is 7.92. The second kappa shape index (κ2) is 9.56. The van der Waals surface area contributed by atoms with Crippen molar-refractivity contribution >= 4 is 38.8 Å². The van der Waals surface area contributed by atoms with E-state index in [4.69, 9.17) is 11.1 Å². The monoisotopic (exact) mass is 477 g/mol. The molecule has 8 nitrogen and oxygen atoms in total. The fourth-order valence-electron chi connectivity index (χ4n) is 4.01. The van der Waals surface area contributed by atoms with Gasteiger partial charge >= 0.3 is 0 Å². The van der Waals surface area contributed by atoms with Gasteiger partial charge in [-0.2, -0.15) is 0 Å². The molecule has 4 rings (SSSR count). The van der Waals surface area contributed by atoms with Crippen LogP contribution >= 0.6 is 0 Å². The fraction of sp³-hybridized carbons (Fsp3) is 0.200. The summed E-state index contributed by atoms with van der Waals surface area (Å²) in [5, 5.41) is 7.50. The van der Waals surface area contributed by atoms with Crippen LogP contribution < -0.4 is 20.3 Å². The molecule has 0 aliphatic carbocycles. The summed E-state index contributed by atoms with van der Waals surface area (Å²) in [5.74, 6) is -0.0441. The summed E-state index contributed by atoms with van der Waals surface area (Å²) in [6, 6.07) is 20.7. The summed E-state index contributed by atoms with van der Waals surface area (Å²) in [7, 11) is -1.84. The van der Waals surface area contributed by atoms with Crippen LogP contribution in [0.5, 0.6) is 0 Å². The Labute approximate surface area is 199 Å². The average Bonchev–Trinajstić information content (AvgIpc) is 2.83. The molecule has 4 N–H and O–H groups in total. The van der Waals surface area contributed by atoms with Crippen molar-refractivity contribution < 1.29 is 13.2 Å². The lowest BCUT2D eigenvalue weighted by Crippen LogP contribution is -2.41. The molecule has 3 aromatic carbocycles. The summed E-state index contributed by atoms with van der Waals surface area (Å²) in [5.41, 5.74) is 9.20. The van der Waals surface area contributed by atoms with Gasteiger partial charge in [0.1, 0.15) is 5.84 Å². The maximum atomic E-state index is 13.1. The van der Waals surface area contributed by atoms with Gasteiger partial charge in [-0.3, -0.25) is 14.9 Å². The highest BCUT2D eigenvalue weighted by atomic mass is 32.2. The van der Waals surface area contributed by atoms with Crippen molar-refractivity contribution in [1.29, 1.82) is 5.41 Å². The predicted octanol–water partition coefficient (Wildman–Crippen LogP) is 3.19. The zero-order valence-electron chi connectivity index (χ0n) is 18.9. The minimum absolute atomic E-state index is 0.000584. The number of rotatable bonds is 7. The smallest absolute Gasteiger partial charge is 0.261 e. The molecule has 0 aromatic heterocycles. The molecule has 0 radical (unpaired) electrons. The quantitative estimate of drug-likeness (QED) is 0.357. The van der Waals surface area contributed by atoms with Gasteiger partial charge < -0.3 is 15.5 Å². The second-order valence-electron chi connectivity index (χ2n) is 8.23. The van der Waals surface area contributed by atoms with E-state index < -0.39 is 10.0 Å². The number of amidine groups is 1. The highest BCUT2D eigenvalue weighted by Crippen LogP contribution is 2.31. The minimum Gasteiger partial charge on any atom is -0.384 e. The van der Waals surface area contributed by atoms with Crippen LogP contribution in [0.4, 0.5) is 17.1 Å². The minimum atomic E-state index is -3.68. The molecule has 0 saturated carbocycles. The number of amides is 1. The summed E-state index contributed by atoms with van der Waals surface area (Å²) in [4.78, 5) is 16.9. The standard InChI is InChI=1S/C25H27N5O3S/c1-29(21-12-9-18(10-13-21)25(26)27)17-24(31)30-15-5-6-19-16-20(11-14-23(19)30)28-34(32,33)22-7-3-2-4-8-22/h2-4,7-14,16,28H,5-6,15,17H2,1H3,(H3,26,27). The van der Waals surface area contributed by atoms with Gasteiger partial charge in [0.25, 0.3) is 10.0 Å². The van der Waals surface area contributed by atoms with Gasteiger partial charge in [-0.1, -0.05) is 18.2 Å². The molecule has 1 amide bonds. The van der Waals surface area contributed by atoms with E-state index in [0.29, 0.717) is 17.8 Å². The number of carbonyl (C=O) groups excluding carboxylic acids is 1. The van der Waals surface area contributed by atoms with Crippen LogP contribution in [0.15, 0.2) is 77.7 Å². The third kappa shape index (κ3) is 5.04. The lowest BCUT2D eigenvalue weighted by Gasteiger charge is -2.31. The molecule has 1 aliphatic rings. The number of sulfonamides is 1. The molecule has 0 spiro atoms. The topological polar surface area (TPSA) is 120 Å². The molecule has 0 saturated heterocycles. The first kappa shape index (κ1) is 23.3. The second-order valence-corrected chi connectivity index (χ2v) is 9.91. The Morgan fingerprint density at radius 3 is 2.47 bits per heavy atom. The van der Waals surface area contributed by atoms with Crippen molar-refractivity contribution in [3.63, 3.8) is 0 Å². The van der Waals surface area contributed by atoms with E-state index >= 15 is 0 Å². The molecule has 0 unspecified atom stereocenters. The summed E-state index contributed by atoms with van der Waals surface area (Å²) >= 11 is 0. The first-order chi connectivity index (χ1) is 16.2. The molecule has 34 heavy (non-hydrogen) atoms. The highest BCUT2D eigenvalue weighted by Gasteiger charge is 2.24. The fourth-order valence-corrected chi connectivity index (χ4v) is 5.08. The number of likely N-dealkylation sites (N-methyl/N-ethyl adjacent to an activating group) is 1. The van der Waals surface area contributed by atoms with Gasteiger partial charge in [0.05, 0.1) is 11.4 Å². The van der Waals surface area contributed by atoms with E-state index in [9.17, 15) is 13.2 Å². The van der Waals surface area contributed by atoms with Gasteiger partial charge in [0.15, 0.2) is 0 Å². The van der Waals surface area contributed by atoms with Crippen molar-refractivity contribution in [2.24, 2.45) is 5.73 Å². The van der Waals surface area contributed by atoms with Crippen LogP contribution in [0.2, 0.25) is 0 Å². The lowest BCUT2D eigenvalue weighted by molar-refractivity contribution is -0.117. The summed E-state index contributed by atoms with van der Waals surface area (Å²) in [6.07, 6.45) is 1.56. The van der Waals surface area contributed by atoms with Crippen molar-refractivity contribution in [3.8, 4) is 0 Å². The maximum Gasteiger partial charge on any atom is 0.261 e. The van der Waals surface area contributed by atoms with Crippen LogP contribution in [0.3, 0.4) is 0 Å². The van der Waals surface area contributed by atoms with Crippen molar-refractivity contribution in [1.82, 2.24) is 0 Å². The first-order valence-corrected chi connectivity index (χ1v) is 12.4. The maximum absolute atomic E-state index is 13.1. The van der Waals surface area contributed by atoms with Crippen LogP contribution in [0.1, 0.15) is 17.5 Å². The van der Waals surface area contributed by atoms with E-state index in [2.05, 4.69) is 4.72 Å². The molecular weight excluding hydrogens is 450 g/mol. The Bertz CT molecular complexity index is 1310. The Morgan fingerprint density at radius 2 is 1.79 bits per heavy atom. The Balaban J connectivity index is 1.48. The summed E-state index contributed by atoms with van der Waals surface area (Å²) in [6.45, 7) is 0.791. The number of carbonyl (C=O) groups is 1. The van der Waals surface area contributed by atoms with E-state index in [-0.39, 0.29) is 23.2 Å². The van der Waals surface area contributed by atoms with Crippen molar-refractivity contribution in [3.05, 3.63) is 83.9 Å². The van der Waals surface area contributed by atoms with E-state index in [1.165, 1.54) is 0 Å². The molecule has 0 fully saturated rings. The van der Waals surface area contributed by atoms with Crippen LogP contribution in [-0.2, 0) is 21.2 Å². The molecular formula is C25H27N5O3S. The van der Waals surface area contributed by atoms with Crippen LogP contribution in [0, 0.1) is 5.41 Å². The zero-order valence-corrected chi connectivity index (χ0v) is 19.7. The number of nitrogen functional groups attached to an aromatic ring is 1. The number of nitrogens with two attached hydrogens (primary N) is 1. The molecule has 0 atom stereocenters. The van der Waals surface area contributed by atoms with Gasteiger partial charge in [0.2, 0.25) is 5.91 Å². The van der Waals surface area contributed by atoms with E-state index in [1.807, 2.05) is 24.1 Å². The third-order valence-corrected chi connectivity index (χ3v) is 7.19. The normalized spacial score (nSPS) is 13.1. The van der Waals surface area contributed by atoms with Crippen LogP contribution in [0.25, 0.3) is 0 Å². The summed E-state index contributed by atoms with van der Waals surface area (Å²) < 4.78 is 27.9.